The first-order chi connectivity index (χ1) is 8.34. The van der Waals surface area contributed by atoms with Crippen LogP contribution in [-0.4, -0.2) is 31.3 Å². The van der Waals surface area contributed by atoms with Crippen molar-refractivity contribution in [3.8, 4) is 0 Å². The third-order valence-corrected chi connectivity index (χ3v) is 4.42. The van der Waals surface area contributed by atoms with Crippen LogP contribution >= 0.6 is 0 Å². The molecule has 1 aromatic rings. The maximum Gasteiger partial charge on any atom is 0.312 e. The maximum atomic E-state index is 11.6. The second kappa shape index (κ2) is 5.97. The average molecular weight is 271 g/mol. The summed E-state index contributed by atoms with van der Waals surface area (Å²) in [5.41, 5.74) is 0.580. The first kappa shape index (κ1) is 14.7. The van der Waals surface area contributed by atoms with Gasteiger partial charge < -0.3 is 5.11 Å². The monoisotopic (exact) mass is 271 g/mol. The van der Waals surface area contributed by atoms with Crippen molar-refractivity contribution >= 4 is 16.0 Å². The van der Waals surface area contributed by atoms with Crippen LogP contribution in [-0.2, 0) is 14.8 Å². The topological polar surface area (TPSA) is 83.5 Å². The van der Waals surface area contributed by atoms with Gasteiger partial charge in [-0.25, -0.2) is 13.1 Å². The molecule has 1 rings (SSSR count). The summed E-state index contributed by atoms with van der Waals surface area (Å²) in [5, 5.41) is 8.55. The molecular weight excluding hydrogens is 254 g/mol. The standard InChI is InChI=1S/C12H17NO4S/c1-9(2)18(16,17)13-8-11(12(14)15)10-6-4-3-5-7-10/h3-7,9,11,13H,8H2,1-2H3,(H,14,15). The van der Waals surface area contributed by atoms with Gasteiger partial charge in [0.1, 0.15) is 0 Å². The Kier molecular flexibility index (Phi) is 4.86. The Morgan fingerprint density at radius 2 is 1.83 bits per heavy atom. The van der Waals surface area contributed by atoms with Crippen LogP contribution < -0.4 is 4.72 Å². The van der Waals surface area contributed by atoms with E-state index in [-0.39, 0.29) is 6.54 Å². The summed E-state index contributed by atoms with van der Waals surface area (Å²) in [6, 6.07) is 8.57. The number of hydrogen-bond donors (Lipinski definition) is 2. The second-order valence-electron chi connectivity index (χ2n) is 4.24. The molecule has 0 aliphatic heterocycles. The van der Waals surface area contributed by atoms with Crippen LogP contribution in [0.3, 0.4) is 0 Å². The van der Waals surface area contributed by atoms with E-state index in [1.165, 1.54) is 0 Å². The van der Waals surface area contributed by atoms with Crippen molar-refractivity contribution < 1.29 is 18.3 Å². The van der Waals surface area contributed by atoms with Gasteiger partial charge in [0.25, 0.3) is 0 Å². The molecular formula is C12H17NO4S. The molecule has 0 amide bonds. The van der Waals surface area contributed by atoms with Gasteiger partial charge in [0.2, 0.25) is 10.0 Å². The van der Waals surface area contributed by atoms with Gasteiger partial charge in [-0.05, 0) is 19.4 Å². The molecule has 1 atom stereocenters. The van der Waals surface area contributed by atoms with Crippen LogP contribution in [0.5, 0.6) is 0 Å². The van der Waals surface area contributed by atoms with Crippen molar-refractivity contribution in [3.05, 3.63) is 35.9 Å². The van der Waals surface area contributed by atoms with Gasteiger partial charge in [0, 0.05) is 6.54 Å². The lowest BCUT2D eigenvalue weighted by molar-refractivity contribution is -0.138. The Morgan fingerprint density at radius 1 is 1.28 bits per heavy atom. The number of hydrogen-bond acceptors (Lipinski definition) is 3. The van der Waals surface area contributed by atoms with E-state index in [0.717, 1.165) is 0 Å². The number of benzene rings is 1. The van der Waals surface area contributed by atoms with E-state index in [1.54, 1.807) is 44.2 Å². The fourth-order valence-electron chi connectivity index (χ4n) is 1.40. The molecule has 5 nitrogen and oxygen atoms in total. The Labute approximate surface area is 107 Å². The molecule has 0 spiro atoms. The average Bonchev–Trinajstić information content (AvgIpc) is 2.29. The van der Waals surface area contributed by atoms with Crippen LogP contribution in [0.25, 0.3) is 0 Å². The van der Waals surface area contributed by atoms with E-state index in [4.69, 9.17) is 5.11 Å². The molecule has 100 valence electrons. The Balaban J connectivity index is 2.82. The number of carboxylic acid groups (broad SMARTS) is 1. The molecule has 1 aromatic carbocycles. The zero-order valence-electron chi connectivity index (χ0n) is 10.3. The lowest BCUT2D eigenvalue weighted by Gasteiger charge is -2.15. The lowest BCUT2D eigenvalue weighted by Crippen LogP contribution is -2.35. The summed E-state index contributed by atoms with van der Waals surface area (Å²) in [7, 11) is -3.45. The van der Waals surface area contributed by atoms with E-state index in [9.17, 15) is 13.2 Å². The molecule has 2 N–H and O–H groups in total. The quantitative estimate of drug-likeness (QED) is 0.814. The van der Waals surface area contributed by atoms with Crippen LogP contribution in [0.4, 0.5) is 0 Å². The number of aliphatic carboxylic acids is 1. The highest BCUT2D eigenvalue weighted by molar-refractivity contribution is 7.90. The highest BCUT2D eigenvalue weighted by Crippen LogP contribution is 2.15. The molecule has 0 aliphatic rings. The summed E-state index contributed by atoms with van der Waals surface area (Å²) in [6.45, 7) is 2.95. The minimum atomic E-state index is -3.45. The minimum absolute atomic E-state index is 0.139. The molecule has 18 heavy (non-hydrogen) atoms. The van der Waals surface area contributed by atoms with Crippen molar-refractivity contribution in [1.29, 1.82) is 0 Å². The van der Waals surface area contributed by atoms with E-state index in [2.05, 4.69) is 4.72 Å². The summed E-state index contributed by atoms with van der Waals surface area (Å²) in [4.78, 5) is 11.2. The maximum absolute atomic E-state index is 11.6. The van der Waals surface area contributed by atoms with Crippen molar-refractivity contribution in [2.24, 2.45) is 0 Å². The van der Waals surface area contributed by atoms with Crippen LogP contribution in [0, 0.1) is 0 Å². The highest BCUT2D eigenvalue weighted by atomic mass is 32.2. The van der Waals surface area contributed by atoms with Gasteiger partial charge in [0.05, 0.1) is 11.2 Å². The first-order valence-electron chi connectivity index (χ1n) is 5.61. The third kappa shape index (κ3) is 3.82. The van der Waals surface area contributed by atoms with Crippen LogP contribution in [0.15, 0.2) is 30.3 Å². The van der Waals surface area contributed by atoms with Crippen LogP contribution in [0.1, 0.15) is 25.3 Å². The third-order valence-electron chi connectivity index (χ3n) is 2.61. The second-order valence-corrected chi connectivity index (χ2v) is 6.57. The predicted octanol–water partition coefficient (Wildman–Crippen LogP) is 1.18. The molecule has 6 heteroatoms. The predicted molar refractivity (Wildman–Crippen MR) is 68.9 cm³/mol. The molecule has 0 radical (unpaired) electrons. The Morgan fingerprint density at radius 3 is 2.28 bits per heavy atom. The number of rotatable bonds is 6. The minimum Gasteiger partial charge on any atom is -0.481 e. The molecule has 0 saturated heterocycles. The first-order valence-corrected chi connectivity index (χ1v) is 7.15. The van der Waals surface area contributed by atoms with E-state index in [1.807, 2.05) is 0 Å². The number of carboxylic acids is 1. The zero-order valence-corrected chi connectivity index (χ0v) is 11.1. The van der Waals surface area contributed by atoms with Gasteiger partial charge in [-0.15, -0.1) is 0 Å². The number of nitrogens with one attached hydrogen (secondary N) is 1. The highest BCUT2D eigenvalue weighted by Gasteiger charge is 2.23. The number of carbonyl (C=O) groups is 1. The molecule has 1 unspecified atom stereocenters. The van der Waals surface area contributed by atoms with Gasteiger partial charge in [-0.1, -0.05) is 30.3 Å². The van der Waals surface area contributed by atoms with Crippen molar-refractivity contribution in [2.45, 2.75) is 25.0 Å². The number of sulfonamides is 1. The fourth-order valence-corrected chi connectivity index (χ4v) is 2.13. The summed E-state index contributed by atoms with van der Waals surface area (Å²) in [5.74, 6) is -1.92. The Bertz CT molecular complexity index is 496. The van der Waals surface area contributed by atoms with E-state index in [0.29, 0.717) is 5.56 Å². The van der Waals surface area contributed by atoms with E-state index >= 15 is 0 Å². The van der Waals surface area contributed by atoms with Gasteiger partial charge >= 0.3 is 5.97 Å². The molecule has 0 aromatic heterocycles. The van der Waals surface area contributed by atoms with Gasteiger partial charge in [-0.2, -0.15) is 0 Å². The van der Waals surface area contributed by atoms with E-state index < -0.39 is 27.2 Å². The molecule has 0 fully saturated rings. The normalized spacial score (nSPS) is 13.5. The van der Waals surface area contributed by atoms with Crippen molar-refractivity contribution in [1.82, 2.24) is 4.72 Å². The smallest absolute Gasteiger partial charge is 0.312 e. The SMILES string of the molecule is CC(C)S(=O)(=O)NCC(C(=O)O)c1ccccc1. The molecule has 0 bridgehead atoms. The van der Waals surface area contributed by atoms with Crippen molar-refractivity contribution in [2.75, 3.05) is 6.54 Å². The molecule has 0 saturated carbocycles. The van der Waals surface area contributed by atoms with Crippen molar-refractivity contribution in [3.63, 3.8) is 0 Å². The van der Waals surface area contributed by atoms with Crippen LogP contribution in [0.2, 0.25) is 0 Å². The molecule has 0 heterocycles. The fraction of sp³-hybridized carbons (Fsp3) is 0.417. The summed E-state index contributed by atoms with van der Waals surface area (Å²) >= 11 is 0. The summed E-state index contributed by atoms with van der Waals surface area (Å²) < 4.78 is 25.5. The lowest BCUT2D eigenvalue weighted by atomic mass is 10.00. The van der Waals surface area contributed by atoms with Gasteiger partial charge in [-0.3, -0.25) is 4.79 Å². The largest absolute Gasteiger partial charge is 0.481 e. The van der Waals surface area contributed by atoms with Gasteiger partial charge in [0.15, 0.2) is 0 Å². The zero-order chi connectivity index (χ0) is 13.8. The Hall–Kier alpha value is -1.40. The molecule has 0 aliphatic carbocycles. The summed E-state index contributed by atoms with van der Waals surface area (Å²) in [6.07, 6.45) is 0.